The van der Waals surface area contributed by atoms with Crippen LogP contribution in [-0.2, 0) is 4.74 Å². The first-order valence-electron chi connectivity index (χ1n) is 5.29. The van der Waals surface area contributed by atoms with Crippen LogP contribution in [0.1, 0.15) is 17.4 Å². The summed E-state index contributed by atoms with van der Waals surface area (Å²) in [6, 6.07) is 0. The molecule has 1 aromatic heterocycles. The molecule has 7 nitrogen and oxygen atoms in total. The number of likely N-dealkylation sites (N-methyl/N-ethyl adjacent to an activating group) is 1. The van der Waals surface area contributed by atoms with Gasteiger partial charge in [0.05, 0.1) is 19.0 Å². The summed E-state index contributed by atoms with van der Waals surface area (Å²) >= 11 is 0. The maximum Gasteiger partial charge on any atom is 0.274 e. The van der Waals surface area contributed by atoms with Gasteiger partial charge in [0.1, 0.15) is 5.69 Å². The van der Waals surface area contributed by atoms with Crippen LogP contribution in [0.3, 0.4) is 0 Å². The van der Waals surface area contributed by atoms with Crippen molar-refractivity contribution in [2.24, 2.45) is 5.84 Å². The number of rotatable bonds is 6. The van der Waals surface area contributed by atoms with Crippen molar-refractivity contribution in [3.8, 4) is 0 Å². The number of nitrogen functional groups attached to an aromatic ring is 1. The molecule has 1 amide bonds. The average molecular weight is 239 g/mol. The van der Waals surface area contributed by atoms with E-state index in [0.29, 0.717) is 31.2 Å². The van der Waals surface area contributed by atoms with Gasteiger partial charge in [-0.3, -0.25) is 4.79 Å². The quantitative estimate of drug-likeness (QED) is 0.530. The first-order chi connectivity index (χ1) is 8.22. The van der Waals surface area contributed by atoms with Gasteiger partial charge in [-0.25, -0.2) is 15.8 Å². The SMILES string of the molecule is CCN(CCOC)C(=O)c1cnc(NN)cn1. The van der Waals surface area contributed by atoms with E-state index in [1.807, 2.05) is 6.92 Å². The summed E-state index contributed by atoms with van der Waals surface area (Å²) in [7, 11) is 1.60. The van der Waals surface area contributed by atoms with E-state index in [0.717, 1.165) is 0 Å². The van der Waals surface area contributed by atoms with E-state index >= 15 is 0 Å². The zero-order valence-electron chi connectivity index (χ0n) is 10.0. The van der Waals surface area contributed by atoms with Gasteiger partial charge in [0.2, 0.25) is 0 Å². The topological polar surface area (TPSA) is 93.4 Å². The Morgan fingerprint density at radius 1 is 1.53 bits per heavy atom. The number of hydrogen-bond donors (Lipinski definition) is 2. The number of hydrogen-bond acceptors (Lipinski definition) is 6. The van der Waals surface area contributed by atoms with E-state index in [4.69, 9.17) is 10.6 Å². The van der Waals surface area contributed by atoms with Crippen LogP contribution in [0.15, 0.2) is 12.4 Å². The molecule has 0 spiro atoms. The van der Waals surface area contributed by atoms with Crippen LogP contribution >= 0.6 is 0 Å². The second-order valence-corrected chi connectivity index (χ2v) is 3.31. The predicted octanol–water partition coefficient (Wildman–Crippen LogP) is -0.129. The highest BCUT2D eigenvalue weighted by Gasteiger charge is 2.15. The van der Waals surface area contributed by atoms with Crippen LogP contribution < -0.4 is 11.3 Å². The van der Waals surface area contributed by atoms with Crippen LogP contribution in [0.25, 0.3) is 0 Å². The number of hydrazine groups is 1. The van der Waals surface area contributed by atoms with E-state index < -0.39 is 0 Å². The van der Waals surface area contributed by atoms with E-state index in [9.17, 15) is 4.79 Å². The Balaban J connectivity index is 2.71. The Bertz CT molecular complexity index is 354. The number of carbonyl (C=O) groups is 1. The summed E-state index contributed by atoms with van der Waals surface area (Å²) in [6.45, 7) is 3.53. The third kappa shape index (κ3) is 3.65. The number of ether oxygens (including phenoxy) is 1. The van der Waals surface area contributed by atoms with Crippen LogP contribution in [0.5, 0.6) is 0 Å². The second-order valence-electron chi connectivity index (χ2n) is 3.31. The van der Waals surface area contributed by atoms with Crippen LogP contribution in [-0.4, -0.2) is 47.6 Å². The largest absolute Gasteiger partial charge is 0.383 e. The highest BCUT2D eigenvalue weighted by molar-refractivity contribution is 5.92. The van der Waals surface area contributed by atoms with Gasteiger partial charge in [-0.05, 0) is 6.92 Å². The molecule has 0 saturated heterocycles. The molecule has 17 heavy (non-hydrogen) atoms. The fourth-order valence-corrected chi connectivity index (χ4v) is 1.28. The molecule has 7 heteroatoms. The van der Waals surface area contributed by atoms with Crippen molar-refractivity contribution in [3.05, 3.63) is 18.1 Å². The first kappa shape index (κ1) is 13.3. The lowest BCUT2D eigenvalue weighted by Crippen LogP contribution is -2.34. The molecule has 3 N–H and O–H groups in total. The average Bonchev–Trinajstić information content (AvgIpc) is 2.39. The Labute approximate surface area is 100.0 Å². The third-order valence-electron chi connectivity index (χ3n) is 2.25. The van der Waals surface area contributed by atoms with Crippen molar-refractivity contribution in [2.75, 3.05) is 32.2 Å². The fourth-order valence-electron chi connectivity index (χ4n) is 1.28. The minimum absolute atomic E-state index is 0.166. The Morgan fingerprint density at radius 3 is 2.76 bits per heavy atom. The molecule has 0 fully saturated rings. The number of anilines is 1. The summed E-state index contributed by atoms with van der Waals surface area (Å²) in [5.74, 6) is 5.42. The fraction of sp³-hybridized carbons (Fsp3) is 0.500. The number of carbonyl (C=O) groups excluding carboxylic acids is 1. The van der Waals surface area contributed by atoms with Gasteiger partial charge in [0.25, 0.3) is 5.91 Å². The number of methoxy groups -OCH3 is 1. The molecular formula is C10H17N5O2. The standard InChI is InChI=1S/C10H17N5O2/c1-3-15(4-5-17-2)10(16)8-6-13-9(14-11)7-12-8/h6-7H,3-5,11H2,1-2H3,(H,13,14). The summed E-state index contributed by atoms with van der Waals surface area (Å²) in [5, 5.41) is 0. The maximum absolute atomic E-state index is 12.0. The van der Waals surface area contributed by atoms with E-state index in [1.165, 1.54) is 12.4 Å². The van der Waals surface area contributed by atoms with Crippen molar-refractivity contribution in [2.45, 2.75) is 6.92 Å². The van der Waals surface area contributed by atoms with Crippen molar-refractivity contribution in [1.82, 2.24) is 14.9 Å². The maximum atomic E-state index is 12.0. The van der Waals surface area contributed by atoms with Crippen LogP contribution in [0.2, 0.25) is 0 Å². The van der Waals surface area contributed by atoms with Crippen molar-refractivity contribution in [3.63, 3.8) is 0 Å². The molecule has 0 atom stereocenters. The highest BCUT2D eigenvalue weighted by Crippen LogP contribution is 2.03. The third-order valence-corrected chi connectivity index (χ3v) is 2.25. The Hall–Kier alpha value is -1.73. The predicted molar refractivity (Wildman–Crippen MR) is 63.3 cm³/mol. The minimum atomic E-state index is -0.166. The molecule has 0 unspecified atom stereocenters. The molecule has 0 aliphatic rings. The smallest absolute Gasteiger partial charge is 0.274 e. The molecule has 0 aromatic carbocycles. The number of nitrogens with two attached hydrogens (primary N) is 1. The van der Waals surface area contributed by atoms with Gasteiger partial charge in [0, 0.05) is 20.2 Å². The van der Waals surface area contributed by atoms with Crippen molar-refractivity contribution < 1.29 is 9.53 Å². The molecule has 1 heterocycles. The molecule has 94 valence electrons. The van der Waals surface area contributed by atoms with Crippen molar-refractivity contribution in [1.29, 1.82) is 0 Å². The van der Waals surface area contributed by atoms with E-state index in [2.05, 4.69) is 15.4 Å². The Kier molecular flexibility index (Phi) is 5.31. The van der Waals surface area contributed by atoms with Gasteiger partial charge in [-0.15, -0.1) is 0 Å². The number of nitrogens with one attached hydrogen (secondary N) is 1. The van der Waals surface area contributed by atoms with Crippen LogP contribution in [0.4, 0.5) is 5.82 Å². The summed E-state index contributed by atoms with van der Waals surface area (Å²) in [4.78, 5) is 21.6. The Morgan fingerprint density at radius 2 is 2.29 bits per heavy atom. The van der Waals surface area contributed by atoms with Crippen LogP contribution in [0, 0.1) is 0 Å². The molecule has 0 aliphatic carbocycles. The normalized spacial score (nSPS) is 10.1. The molecule has 1 aromatic rings. The molecule has 0 aliphatic heterocycles. The molecule has 0 radical (unpaired) electrons. The van der Waals surface area contributed by atoms with Gasteiger partial charge < -0.3 is 15.1 Å². The lowest BCUT2D eigenvalue weighted by molar-refractivity contribution is 0.0700. The summed E-state index contributed by atoms with van der Waals surface area (Å²) in [6.07, 6.45) is 2.81. The zero-order valence-corrected chi connectivity index (χ0v) is 10.0. The lowest BCUT2D eigenvalue weighted by Gasteiger charge is -2.19. The highest BCUT2D eigenvalue weighted by atomic mass is 16.5. The monoisotopic (exact) mass is 239 g/mol. The summed E-state index contributed by atoms with van der Waals surface area (Å²) in [5.41, 5.74) is 2.65. The van der Waals surface area contributed by atoms with Gasteiger partial charge in [-0.1, -0.05) is 0 Å². The van der Waals surface area contributed by atoms with E-state index in [1.54, 1.807) is 12.0 Å². The van der Waals surface area contributed by atoms with Gasteiger partial charge >= 0.3 is 0 Å². The number of amides is 1. The van der Waals surface area contributed by atoms with Gasteiger partial charge in [0.15, 0.2) is 5.82 Å². The molecule has 0 bridgehead atoms. The second kappa shape index (κ2) is 6.77. The van der Waals surface area contributed by atoms with Gasteiger partial charge in [-0.2, -0.15) is 0 Å². The number of aromatic nitrogens is 2. The van der Waals surface area contributed by atoms with Crippen molar-refractivity contribution >= 4 is 11.7 Å². The lowest BCUT2D eigenvalue weighted by atomic mass is 10.3. The zero-order chi connectivity index (χ0) is 12.7. The first-order valence-corrected chi connectivity index (χ1v) is 5.29. The molecule has 0 saturated carbocycles. The van der Waals surface area contributed by atoms with E-state index in [-0.39, 0.29) is 5.91 Å². The minimum Gasteiger partial charge on any atom is -0.383 e. The molecule has 1 rings (SSSR count). The number of nitrogens with zero attached hydrogens (tertiary/aromatic N) is 3. The summed E-state index contributed by atoms with van der Waals surface area (Å²) < 4.78 is 4.94. The molecular weight excluding hydrogens is 222 g/mol.